The van der Waals surface area contributed by atoms with Gasteiger partial charge in [0, 0.05) is 6.33 Å². The van der Waals surface area contributed by atoms with Crippen molar-refractivity contribution in [3.63, 3.8) is 0 Å². The topological polar surface area (TPSA) is 45.5 Å². The Hall–Kier alpha value is -1.45. The molecule has 2 aromatic rings. The minimum Gasteiger partial charge on any atom is -0.455 e. The number of aromatic nitrogens is 4. The highest BCUT2D eigenvalue weighted by molar-refractivity contribution is 5.66. The summed E-state index contributed by atoms with van der Waals surface area (Å²) in [7, 11) is 1.91. The molecule has 0 aliphatic heterocycles. The van der Waals surface area contributed by atoms with E-state index in [1.807, 2.05) is 17.8 Å². The van der Waals surface area contributed by atoms with Gasteiger partial charge >= 0.3 is 0 Å². The number of rotatable bonds is 0. The van der Waals surface area contributed by atoms with E-state index >= 15 is 0 Å². The van der Waals surface area contributed by atoms with Crippen molar-refractivity contribution in [1.29, 1.82) is 0 Å². The molecule has 4 nitrogen and oxygen atoms in total. The van der Waals surface area contributed by atoms with E-state index in [1.165, 1.54) is 0 Å². The molecule has 10 heavy (non-hydrogen) atoms. The Balaban J connectivity index is 2.86. The first kappa shape index (κ1) is 5.34. The zero-order valence-electron chi connectivity index (χ0n) is 5.50. The molecule has 0 saturated heterocycles. The molecule has 0 atom stereocenters. The lowest BCUT2D eigenvalue weighted by atomic mass is 10.6. The summed E-state index contributed by atoms with van der Waals surface area (Å²) in [5.74, 6) is 0. The zero-order chi connectivity index (χ0) is 6.97. The van der Waals surface area contributed by atoms with Gasteiger partial charge in [-0.15, -0.1) is 4.98 Å². The van der Waals surface area contributed by atoms with Crippen LogP contribution in [0.4, 0.5) is 0 Å². The lowest BCUT2D eigenvalue weighted by Crippen LogP contribution is -2.27. The van der Waals surface area contributed by atoms with Crippen LogP contribution in [-0.4, -0.2) is 15.0 Å². The van der Waals surface area contributed by atoms with Crippen LogP contribution in [-0.2, 0) is 7.05 Å². The number of hydrogen-bond donors (Lipinski definition) is 1. The van der Waals surface area contributed by atoms with E-state index < -0.39 is 0 Å². The molecule has 0 bridgehead atoms. The Morgan fingerprint density at radius 1 is 1.70 bits per heavy atom. The predicted octanol–water partition coefficient (Wildman–Crippen LogP) is -0.417. The number of nitrogens with zero attached hydrogens (tertiary/aromatic N) is 3. The molecule has 0 amide bonds. The molecular formula is C6H6N4. The summed E-state index contributed by atoms with van der Waals surface area (Å²) in [5, 5.41) is 0. The van der Waals surface area contributed by atoms with E-state index in [-0.39, 0.29) is 0 Å². The Kier molecular flexibility index (Phi) is 0.943. The van der Waals surface area contributed by atoms with E-state index in [2.05, 4.69) is 21.3 Å². The minimum absolute atomic E-state index is 0.707. The first-order valence-electron chi connectivity index (χ1n) is 2.93. The van der Waals surface area contributed by atoms with Crippen LogP contribution >= 0.6 is 0 Å². The van der Waals surface area contributed by atoms with E-state index in [0.717, 1.165) is 5.52 Å². The summed E-state index contributed by atoms with van der Waals surface area (Å²) in [6.45, 7) is 0. The van der Waals surface area contributed by atoms with Crippen molar-refractivity contribution in [2.45, 2.75) is 0 Å². The maximum Gasteiger partial charge on any atom is 0.272 e. The molecule has 0 aliphatic rings. The third kappa shape index (κ3) is 0.655. The summed E-state index contributed by atoms with van der Waals surface area (Å²) < 4.78 is 1.86. The molecule has 2 heterocycles. The number of imidazole rings is 1. The molecule has 0 unspecified atom stereocenters. The van der Waals surface area contributed by atoms with Gasteiger partial charge in [-0.05, 0) is 5.52 Å². The summed E-state index contributed by atoms with van der Waals surface area (Å²) >= 11 is 0. The Labute approximate surface area is 57.6 Å². The summed E-state index contributed by atoms with van der Waals surface area (Å²) in [6.07, 6.45) is 6.23. The molecule has 0 saturated carbocycles. The molecule has 0 radical (unpaired) electrons. The second-order valence-electron chi connectivity index (χ2n) is 2.13. The van der Waals surface area contributed by atoms with Crippen LogP contribution in [0, 0.1) is 6.33 Å². The van der Waals surface area contributed by atoms with Gasteiger partial charge in [0.15, 0.2) is 0 Å². The molecule has 2 aromatic heterocycles. The van der Waals surface area contributed by atoms with Gasteiger partial charge in [0.25, 0.3) is 6.33 Å². The van der Waals surface area contributed by atoms with Crippen molar-refractivity contribution in [2.75, 3.05) is 0 Å². The highest BCUT2D eigenvalue weighted by Crippen LogP contribution is 1.97. The van der Waals surface area contributed by atoms with Gasteiger partial charge in [-0.2, -0.15) is 0 Å². The third-order valence-corrected chi connectivity index (χ3v) is 1.29. The van der Waals surface area contributed by atoms with Crippen LogP contribution in [0.1, 0.15) is 0 Å². The third-order valence-electron chi connectivity index (χ3n) is 1.29. The SMILES string of the molecule is C[n+]1cnc2n[c-][nH]c2c1. The Morgan fingerprint density at radius 2 is 2.60 bits per heavy atom. The van der Waals surface area contributed by atoms with Crippen LogP contribution in [0.5, 0.6) is 0 Å². The second-order valence-corrected chi connectivity index (χ2v) is 2.13. The van der Waals surface area contributed by atoms with Crippen LogP contribution in [0.3, 0.4) is 0 Å². The first-order chi connectivity index (χ1) is 4.86. The monoisotopic (exact) mass is 134 g/mol. The summed E-state index contributed by atoms with van der Waals surface area (Å²) in [6, 6.07) is 0. The van der Waals surface area contributed by atoms with Crippen LogP contribution < -0.4 is 4.57 Å². The van der Waals surface area contributed by atoms with Crippen LogP contribution in [0.25, 0.3) is 11.2 Å². The number of nitrogens with one attached hydrogen (secondary N) is 1. The number of aromatic amines is 1. The quantitative estimate of drug-likeness (QED) is 0.393. The minimum atomic E-state index is 0.707. The lowest BCUT2D eigenvalue weighted by Gasteiger charge is -1.90. The fraction of sp³-hybridized carbons (Fsp3) is 0.167. The molecule has 0 aromatic carbocycles. The van der Waals surface area contributed by atoms with Crippen molar-refractivity contribution in [2.24, 2.45) is 7.05 Å². The second kappa shape index (κ2) is 1.76. The number of hydrogen-bond acceptors (Lipinski definition) is 2. The van der Waals surface area contributed by atoms with E-state index in [9.17, 15) is 0 Å². The van der Waals surface area contributed by atoms with Gasteiger partial charge in [-0.1, -0.05) is 0 Å². The summed E-state index contributed by atoms with van der Waals surface area (Å²) in [4.78, 5) is 10.7. The van der Waals surface area contributed by atoms with Gasteiger partial charge in [0.05, 0.1) is 13.2 Å². The molecule has 4 heteroatoms. The average Bonchev–Trinajstić information content (AvgIpc) is 2.33. The maximum absolute atomic E-state index is 4.03. The number of H-pyrrole nitrogens is 1. The predicted molar refractivity (Wildman–Crippen MR) is 33.9 cm³/mol. The fourth-order valence-corrected chi connectivity index (χ4v) is 0.828. The Morgan fingerprint density at radius 3 is 3.50 bits per heavy atom. The van der Waals surface area contributed by atoms with Crippen LogP contribution in [0.15, 0.2) is 12.5 Å². The number of aryl methyl sites for hydroxylation is 1. The smallest absolute Gasteiger partial charge is 0.272 e. The first-order valence-corrected chi connectivity index (χ1v) is 2.93. The van der Waals surface area contributed by atoms with Gasteiger partial charge in [-0.3, -0.25) is 4.57 Å². The average molecular weight is 134 g/mol. The summed E-state index contributed by atoms with van der Waals surface area (Å²) in [5.41, 5.74) is 1.61. The fourth-order valence-electron chi connectivity index (χ4n) is 0.828. The van der Waals surface area contributed by atoms with Gasteiger partial charge < -0.3 is 9.97 Å². The van der Waals surface area contributed by atoms with Gasteiger partial charge in [0.2, 0.25) is 0 Å². The highest BCUT2D eigenvalue weighted by Gasteiger charge is 1.91. The van der Waals surface area contributed by atoms with Crippen molar-refractivity contribution >= 4 is 11.2 Å². The normalized spacial score (nSPS) is 10.5. The van der Waals surface area contributed by atoms with Gasteiger partial charge in [0.1, 0.15) is 5.65 Å². The standard InChI is InChI=1S/C6H5N4/c1-10-2-5-6(9-4-10)8-3-7-5/h2,4H,1H3/q-1/p+1. The van der Waals surface area contributed by atoms with Crippen LogP contribution in [0.2, 0.25) is 0 Å². The molecular weight excluding hydrogens is 128 g/mol. The molecule has 0 spiro atoms. The van der Waals surface area contributed by atoms with E-state index in [1.54, 1.807) is 6.33 Å². The maximum atomic E-state index is 4.03. The molecule has 50 valence electrons. The molecule has 0 fully saturated rings. The van der Waals surface area contributed by atoms with Crippen molar-refractivity contribution in [1.82, 2.24) is 15.0 Å². The molecule has 2 rings (SSSR count). The van der Waals surface area contributed by atoms with E-state index in [0.29, 0.717) is 5.65 Å². The van der Waals surface area contributed by atoms with Gasteiger partial charge in [-0.25, -0.2) is 0 Å². The van der Waals surface area contributed by atoms with E-state index in [4.69, 9.17) is 0 Å². The molecule has 1 N–H and O–H groups in total. The van der Waals surface area contributed by atoms with Crippen molar-refractivity contribution in [3.05, 3.63) is 18.9 Å². The number of fused-ring (bicyclic) bond motifs is 1. The molecule has 0 aliphatic carbocycles. The van der Waals surface area contributed by atoms with Crippen molar-refractivity contribution < 1.29 is 4.57 Å². The largest absolute Gasteiger partial charge is 0.455 e. The van der Waals surface area contributed by atoms with Crippen molar-refractivity contribution in [3.8, 4) is 0 Å². The highest BCUT2D eigenvalue weighted by atomic mass is 15.0. The Bertz CT molecular complexity index is 351. The lowest BCUT2D eigenvalue weighted by molar-refractivity contribution is -0.673. The zero-order valence-corrected chi connectivity index (χ0v) is 5.50.